The topological polar surface area (TPSA) is 44.2 Å². The average molecular weight is 346 g/mol. The fourth-order valence-electron chi connectivity index (χ4n) is 2.73. The molecule has 4 heteroatoms. The van der Waals surface area contributed by atoms with Gasteiger partial charge in [0.05, 0.1) is 12.2 Å². The van der Waals surface area contributed by atoms with Crippen LogP contribution >= 0.6 is 0 Å². The van der Waals surface area contributed by atoms with E-state index in [9.17, 15) is 0 Å². The van der Waals surface area contributed by atoms with Crippen LogP contribution in [0.1, 0.15) is 23.6 Å². The normalized spacial score (nSPS) is 10.4. The molecule has 3 aromatic rings. The number of ether oxygens (including phenoxy) is 2. The molecule has 26 heavy (non-hydrogen) atoms. The van der Waals surface area contributed by atoms with Crippen molar-refractivity contribution in [3.63, 3.8) is 0 Å². The number of aromatic nitrogens is 2. The summed E-state index contributed by atoms with van der Waals surface area (Å²) in [5.74, 6) is 0.488. The van der Waals surface area contributed by atoms with E-state index >= 15 is 0 Å². The Bertz CT molecular complexity index is 892. The first-order valence-corrected chi connectivity index (χ1v) is 8.62. The minimum Gasteiger partial charge on any atom is -0.477 e. The third-order valence-corrected chi connectivity index (χ3v) is 4.15. The summed E-state index contributed by atoms with van der Waals surface area (Å²) in [5.41, 5.74) is 5.43. The summed E-state index contributed by atoms with van der Waals surface area (Å²) in [6.45, 7) is 8.68. The second-order valence-electron chi connectivity index (χ2n) is 5.79. The Labute approximate surface area is 154 Å². The van der Waals surface area contributed by atoms with Gasteiger partial charge < -0.3 is 9.47 Å². The van der Waals surface area contributed by atoms with Gasteiger partial charge in [-0.3, -0.25) is 0 Å². The van der Waals surface area contributed by atoms with E-state index in [1.165, 1.54) is 16.7 Å². The molecule has 0 aliphatic carbocycles. The summed E-state index contributed by atoms with van der Waals surface area (Å²) in [5, 5.41) is 0. The molecular formula is C22H22N2O2. The van der Waals surface area contributed by atoms with Crippen molar-refractivity contribution in [3.05, 3.63) is 78.0 Å². The van der Waals surface area contributed by atoms with E-state index in [0.29, 0.717) is 25.1 Å². The maximum Gasteiger partial charge on any atom is 0.320 e. The molecule has 0 atom stereocenters. The summed E-state index contributed by atoms with van der Waals surface area (Å²) in [6, 6.07) is 16.8. The minimum atomic E-state index is 0.295. The minimum absolute atomic E-state index is 0.295. The zero-order valence-electron chi connectivity index (χ0n) is 15.1. The van der Waals surface area contributed by atoms with Crippen molar-refractivity contribution in [1.82, 2.24) is 9.97 Å². The molecule has 1 heterocycles. The highest BCUT2D eigenvalue weighted by Gasteiger charge is 2.10. The summed E-state index contributed by atoms with van der Waals surface area (Å²) < 4.78 is 11.3. The molecule has 0 aliphatic heterocycles. The summed E-state index contributed by atoms with van der Waals surface area (Å²) in [7, 11) is 0. The highest BCUT2D eigenvalue weighted by Crippen LogP contribution is 2.26. The van der Waals surface area contributed by atoms with Crippen LogP contribution in [-0.4, -0.2) is 16.6 Å². The second kappa shape index (κ2) is 8.30. The molecule has 0 N–H and O–H groups in total. The van der Waals surface area contributed by atoms with Gasteiger partial charge in [0.25, 0.3) is 0 Å². The monoisotopic (exact) mass is 346 g/mol. The van der Waals surface area contributed by atoms with E-state index in [1.54, 1.807) is 12.3 Å². The van der Waals surface area contributed by atoms with E-state index in [2.05, 4.69) is 47.7 Å². The van der Waals surface area contributed by atoms with E-state index in [-0.39, 0.29) is 0 Å². The SMILES string of the molecule is C=Cc1cnc(OCc2cccc(-c3ccccc3)c2C)nc1OCC. The third kappa shape index (κ3) is 3.91. The van der Waals surface area contributed by atoms with Crippen LogP contribution in [0.2, 0.25) is 0 Å². The second-order valence-corrected chi connectivity index (χ2v) is 5.79. The smallest absolute Gasteiger partial charge is 0.320 e. The van der Waals surface area contributed by atoms with Gasteiger partial charge in [-0.25, -0.2) is 4.98 Å². The molecule has 0 amide bonds. The maximum atomic E-state index is 5.81. The number of benzene rings is 2. The van der Waals surface area contributed by atoms with E-state index < -0.39 is 0 Å². The first kappa shape index (κ1) is 17.7. The van der Waals surface area contributed by atoms with E-state index in [0.717, 1.165) is 11.1 Å². The van der Waals surface area contributed by atoms with Gasteiger partial charge in [-0.05, 0) is 36.1 Å². The Morgan fingerprint density at radius 3 is 2.58 bits per heavy atom. The maximum absolute atomic E-state index is 5.81. The molecule has 3 rings (SSSR count). The van der Waals surface area contributed by atoms with Gasteiger partial charge in [0.15, 0.2) is 0 Å². The van der Waals surface area contributed by atoms with Crippen molar-refractivity contribution in [2.24, 2.45) is 0 Å². The van der Waals surface area contributed by atoms with Crippen molar-refractivity contribution < 1.29 is 9.47 Å². The lowest BCUT2D eigenvalue weighted by Gasteiger charge is -2.13. The van der Waals surface area contributed by atoms with Gasteiger partial charge in [0.1, 0.15) is 6.61 Å². The van der Waals surface area contributed by atoms with Crippen molar-refractivity contribution in [3.8, 4) is 23.0 Å². The summed E-state index contributed by atoms with van der Waals surface area (Å²) in [4.78, 5) is 8.56. The van der Waals surface area contributed by atoms with Crippen molar-refractivity contribution in [2.75, 3.05) is 6.61 Å². The van der Waals surface area contributed by atoms with E-state index in [4.69, 9.17) is 9.47 Å². The van der Waals surface area contributed by atoms with Crippen LogP contribution < -0.4 is 9.47 Å². The Balaban J connectivity index is 1.80. The zero-order chi connectivity index (χ0) is 18.4. The quantitative estimate of drug-likeness (QED) is 0.599. The first-order valence-electron chi connectivity index (χ1n) is 8.62. The molecule has 0 bridgehead atoms. The van der Waals surface area contributed by atoms with Crippen LogP contribution in [0.25, 0.3) is 17.2 Å². The van der Waals surface area contributed by atoms with Crippen LogP contribution in [0.5, 0.6) is 11.9 Å². The number of hydrogen-bond donors (Lipinski definition) is 0. The van der Waals surface area contributed by atoms with Gasteiger partial charge in [-0.1, -0.05) is 61.2 Å². The van der Waals surface area contributed by atoms with Crippen molar-refractivity contribution >= 4 is 6.08 Å². The fourth-order valence-corrected chi connectivity index (χ4v) is 2.73. The average Bonchev–Trinajstić information content (AvgIpc) is 2.68. The molecule has 0 fully saturated rings. The Kier molecular flexibility index (Phi) is 5.64. The van der Waals surface area contributed by atoms with Crippen molar-refractivity contribution in [2.45, 2.75) is 20.5 Å². The Morgan fingerprint density at radius 2 is 1.85 bits per heavy atom. The molecule has 0 unspecified atom stereocenters. The molecule has 132 valence electrons. The standard InChI is InChI=1S/C22H22N2O2/c1-4-17-14-23-22(24-21(17)25-5-2)26-15-19-12-9-13-20(16(19)3)18-10-7-6-8-11-18/h4,6-14H,1,5,15H2,2-3H3. The molecule has 2 aromatic carbocycles. The molecule has 4 nitrogen and oxygen atoms in total. The molecule has 0 aliphatic rings. The molecule has 1 aromatic heterocycles. The predicted octanol–water partition coefficient (Wildman–Crippen LogP) is 5.07. The predicted molar refractivity (Wildman–Crippen MR) is 104 cm³/mol. The Hall–Kier alpha value is -3.14. The number of hydrogen-bond acceptors (Lipinski definition) is 4. The van der Waals surface area contributed by atoms with Gasteiger partial charge in [0, 0.05) is 6.20 Å². The lowest BCUT2D eigenvalue weighted by molar-refractivity contribution is 0.266. The molecule has 0 saturated carbocycles. The lowest BCUT2D eigenvalue weighted by atomic mass is 9.97. The Morgan fingerprint density at radius 1 is 1.04 bits per heavy atom. The highest BCUT2D eigenvalue weighted by molar-refractivity contribution is 5.68. The van der Waals surface area contributed by atoms with Crippen LogP contribution in [0.3, 0.4) is 0 Å². The molecule has 0 saturated heterocycles. The number of rotatable bonds is 7. The summed E-state index contributed by atoms with van der Waals surface area (Å²) in [6.07, 6.45) is 3.33. The van der Waals surface area contributed by atoms with Crippen molar-refractivity contribution in [1.29, 1.82) is 0 Å². The highest BCUT2D eigenvalue weighted by atomic mass is 16.5. The lowest BCUT2D eigenvalue weighted by Crippen LogP contribution is -2.04. The number of nitrogens with zero attached hydrogens (tertiary/aromatic N) is 2. The van der Waals surface area contributed by atoms with Gasteiger partial charge in [0.2, 0.25) is 5.88 Å². The molecule has 0 spiro atoms. The van der Waals surface area contributed by atoms with Crippen LogP contribution in [-0.2, 0) is 6.61 Å². The van der Waals surface area contributed by atoms with Crippen LogP contribution in [0, 0.1) is 6.92 Å². The molecular weight excluding hydrogens is 324 g/mol. The van der Waals surface area contributed by atoms with Crippen LogP contribution in [0.15, 0.2) is 61.3 Å². The largest absolute Gasteiger partial charge is 0.477 e. The van der Waals surface area contributed by atoms with Gasteiger partial charge in [-0.15, -0.1) is 0 Å². The van der Waals surface area contributed by atoms with E-state index in [1.807, 2.05) is 31.2 Å². The fraction of sp³-hybridized carbons (Fsp3) is 0.182. The zero-order valence-corrected chi connectivity index (χ0v) is 15.1. The third-order valence-electron chi connectivity index (χ3n) is 4.15. The van der Waals surface area contributed by atoms with Crippen LogP contribution in [0.4, 0.5) is 0 Å². The van der Waals surface area contributed by atoms with Gasteiger partial charge in [-0.2, -0.15) is 4.98 Å². The summed E-state index contributed by atoms with van der Waals surface area (Å²) >= 11 is 0. The molecule has 0 radical (unpaired) electrons. The van der Waals surface area contributed by atoms with Gasteiger partial charge >= 0.3 is 6.01 Å². The first-order chi connectivity index (χ1) is 12.7.